The molecular formula is C61H110O5. The predicted octanol–water partition coefficient (Wildman–Crippen LogP) is 19.7. The topological polar surface area (TPSA) is 61.8 Å². The van der Waals surface area contributed by atoms with Crippen LogP contribution in [0.3, 0.4) is 0 Å². The summed E-state index contributed by atoms with van der Waals surface area (Å²) in [6.07, 6.45) is 72.3. The number of rotatable bonds is 53. The number of hydrogen-bond donors (Lipinski definition) is 0. The maximum absolute atomic E-state index is 12.8. The van der Waals surface area contributed by atoms with Crippen molar-refractivity contribution in [1.29, 1.82) is 0 Å². The molecule has 0 aliphatic rings. The van der Waals surface area contributed by atoms with Crippen molar-refractivity contribution in [2.45, 2.75) is 297 Å². The number of hydrogen-bond acceptors (Lipinski definition) is 5. The van der Waals surface area contributed by atoms with Crippen LogP contribution in [0.4, 0.5) is 0 Å². The Morgan fingerprint density at radius 2 is 0.636 bits per heavy atom. The van der Waals surface area contributed by atoms with E-state index in [4.69, 9.17) is 14.2 Å². The average Bonchev–Trinajstić information content (AvgIpc) is 3.32. The minimum absolute atomic E-state index is 0.0755. The Balaban J connectivity index is 4.28. The van der Waals surface area contributed by atoms with Gasteiger partial charge in [0.25, 0.3) is 0 Å². The SMILES string of the molecule is CCCCC/C=C\C/C=C\CCCCCCCCCCCC(=O)OCC(COCCCCCCCC/C=C\CCCCCCCC)OC(=O)CCCCCCC/C=C\C/C=C\CCCCC. The number of unbranched alkanes of at least 4 members (excludes halogenated alkanes) is 32. The molecule has 0 fully saturated rings. The Morgan fingerprint density at radius 1 is 0.333 bits per heavy atom. The average molecular weight is 924 g/mol. The standard InChI is InChI=1S/C61H110O5/c1-4-7-10-13-16-19-22-25-28-30-31-32-34-36-39-42-45-48-51-54-60(62)65-58-59(57-64-56-53-50-47-44-41-38-35-29-26-23-20-17-14-11-8-5-2)66-61(63)55-52-49-46-43-40-37-33-27-24-21-18-15-12-9-6-3/h16,18-19,21,25-29,33,59H,4-15,17,20,22-24,30-32,34-58H2,1-3H3/b19-16-,21-18-,28-25-,29-26-,33-27-. The van der Waals surface area contributed by atoms with Gasteiger partial charge < -0.3 is 14.2 Å². The van der Waals surface area contributed by atoms with Crippen LogP contribution in [0.25, 0.3) is 0 Å². The highest BCUT2D eigenvalue weighted by Gasteiger charge is 2.17. The molecule has 0 heterocycles. The number of carbonyl (C=O) groups excluding carboxylic acids is 2. The minimum atomic E-state index is -0.549. The number of ether oxygens (including phenoxy) is 3. The van der Waals surface area contributed by atoms with E-state index in [0.717, 1.165) is 64.2 Å². The quantitative estimate of drug-likeness (QED) is 0.0346. The van der Waals surface area contributed by atoms with Crippen LogP contribution in [0.2, 0.25) is 0 Å². The van der Waals surface area contributed by atoms with Gasteiger partial charge in [0.2, 0.25) is 0 Å². The monoisotopic (exact) mass is 923 g/mol. The molecule has 0 rings (SSSR count). The van der Waals surface area contributed by atoms with Crippen molar-refractivity contribution >= 4 is 11.9 Å². The van der Waals surface area contributed by atoms with E-state index >= 15 is 0 Å². The summed E-state index contributed by atoms with van der Waals surface area (Å²) >= 11 is 0. The molecular weight excluding hydrogens is 813 g/mol. The summed E-state index contributed by atoms with van der Waals surface area (Å²) in [6.45, 7) is 7.78. The van der Waals surface area contributed by atoms with E-state index in [-0.39, 0.29) is 25.2 Å². The molecule has 0 aliphatic heterocycles. The van der Waals surface area contributed by atoms with Crippen molar-refractivity contribution in [3.8, 4) is 0 Å². The zero-order valence-electron chi connectivity index (χ0n) is 44.2. The summed E-state index contributed by atoms with van der Waals surface area (Å²) < 4.78 is 17.5. The first-order valence-corrected chi connectivity index (χ1v) is 28.8. The molecule has 0 amide bonds. The maximum atomic E-state index is 12.8. The van der Waals surface area contributed by atoms with E-state index in [0.29, 0.717) is 19.4 Å². The van der Waals surface area contributed by atoms with Gasteiger partial charge in [-0.3, -0.25) is 9.59 Å². The highest BCUT2D eigenvalue weighted by Crippen LogP contribution is 2.15. The lowest BCUT2D eigenvalue weighted by Crippen LogP contribution is -2.30. The predicted molar refractivity (Wildman–Crippen MR) is 288 cm³/mol. The van der Waals surface area contributed by atoms with Crippen molar-refractivity contribution in [2.24, 2.45) is 0 Å². The molecule has 1 atom stereocenters. The first-order valence-electron chi connectivity index (χ1n) is 28.8. The number of carbonyl (C=O) groups is 2. The molecule has 0 spiro atoms. The molecule has 0 N–H and O–H groups in total. The first-order chi connectivity index (χ1) is 32.6. The zero-order valence-corrected chi connectivity index (χ0v) is 44.2. The highest BCUT2D eigenvalue weighted by molar-refractivity contribution is 5.70. The summed E-state index contributed by atoms with van der Waals surface area (Å²) in [5.41, 5.74) is 0. The zero-order chi connectivity index (χ0) is 47.7. The van der Waals surface area contributed by atoms with Gasteiger partial charge in [-0.05, 0) is 109 Å². The summed E-state index contributed by atoms with van der Waals surface area (Å²) in [4.78, 5) is 25.5. The minimum Gasteiger partial charge on any atom is -0.462 e. The largest absolute Gasteiger partial charge is 0.462 e. The Kier molecular flexibility index (Phi) is 54.9. The Labute approximate surface area is 411 Å². The highest BCUT2D eigenvalue weighted by atomic mass is 16.6. The summed E-state index contributed by atoms with van der Waals surface area (Å²) in [5, 5.41) is 0. The third kappa shape index (κ3) is 54.2. The second-order valence-electron chi connectivity index (χ2n) is 19.2. The van der Waals surface area contributed by atoms with Crippen molar-refractivity contribution in [3.05, 3.63) is 60.8 Å². The lowest BCUT2D eigenvalue weighted by molar-refractivity contribution is -0.163. The van der Waals surface area contributed by atoms with E-state index in [9.17, 15) is 9.59 Å². The second-order valence-corrected chi connectivity index (χ2v) is 19.2. The Bertz CT molecular complexity index is 1130. The van der Waals surface area contributed by atoms with Gasteiger partial charge >= 0.3 is 11.9 Å². The van der Waals surface area contributed by atoms with Crippen molar-refractivity contribution in [2.75, 3.05) is 19.8 Å². The summed E-state index contributed by atoms with van der Waals surface area (Å²) in [6, 6.07) is 0. The third-order valence-corrected chi connectivity index (χ3v) is 12.5. The van der Waals surface area contributed by atoms with Gasteiger partial charge in [-0.25, -0.2) is 0 Å². The van der Waals surface area contributed by atoms with Gasteiger partial charge in [0.1, 0.15) is 6.61 Å². The van der Waals surface area contributed by atoms with Crippen molar-refractivity contribution in [3.63, 3.8) is 0 Å². The molecule has 0 saturated carbocycles. The van der Waals surface area contributed by atoms with Crippen LogP contribution in [-0.4, -0.2) is 37.9 Å². The number of esters is 2. The van der Waals surface area contributed by atoms with Crippen LogP contribution in [-0.2, 0) is 23.8 Å². The molecule has 5 nitrogen and oxygen atoms in total. The fraction of sp³-hybridized carbons (Fsp3) is 0.803. The fourth-order valence-corrected chi connectivity index (χ4v) is 8.15. The van der Waals surface area contributed by atoms with E-state index in [1.165, 1.54) is 193 Å². The van der Waals surface area contributed by atoms with Gasteiger partial charge in [0.05, 0.1) is 6.61 Å². The van der Waals surface area contributed by atoms with Gasteiger partial charge in [0, 0.05) is 19.4 Å². The van der Waals surface area contributed by atoms with Crippen LogP contribution in [0.15, 0.2) is 60.8 Å². The Morgan fingerprint density at radius 3 is 1.05 bits per heavy atom. The summed E-state index contributed by atoms with van der Waals surface area (Å²) in [7, 11) is 0. The third-order valence-electron chi connectivity index (χ3n) is 12.5. The lowest BCUT2D eigenvalue weighted by atomic mass is 10.1. The fourth-order valence-electron chi connectivity index (χ4n) is 8.15. The van der Waals surface area contributed by atoms with Crippen molar-refractivity contribution < 1.29 is 23.8 Å². The van der Waals surface area contributed by atoms with Gasteiger partial charge in [0.15, 0.2) is 6.10 Å². The van der Waals surface area contributed by atoms with E-state index in [1.807, 2.05) is 0 Å². The van der Waals surface area contributed by atoms with Crippen molar-refractivity contribution in [1.82, 2.24) is 0 Å². The second kappa shape index (κ2) is 56.9. The molecule has 0 saturated heterocycles. The van der Waals surface area contributed by atoms with Crippen LogP contribution < -0.4 is 0 Å². The first kappa shape index (κ1) is 63.6. The van der Waals surface area contributed by atoms with E-state index in [1.54, 1.807) is 0 Å². The molecule has 0 aromatic rings. The Hall–Kier alpha value is -2.40. The van der Waals surface area contributed by atoms with E-state index in [2.05, 4.69) is 81.5 Å². The molecule has 0 aromatic carbocycles. The van der Waals surface area contributed by atoms with Gasteiger partial charge in [-0.15, -0.1) is 0 Å². The van der Waals surface area contributed by atoms with Gasteiger partial charge in [-0.2, -0.15) is 0 Å². The molecule has 5 heteroatoms. The lowest BCUT2D eigenvalue weighted by Gasteiger charge is -2.18. The normalized spacial score (nSPS) is 12.6. The van der Waals surface area contributed by atoms with Gasteiger partial charge in [-0.1, -0.05) is 229 Å². The molecule has 0 aromatic heterocycles. The van der Waals surface area contributed by atoms with E-state index < -0.39 is 6.10 Å². The molecule has 384 valence electrons. The smallest absolute Gasteiger partial charge is 0.306 e. The summed E-state index contributed by atoms with van der Waals surface area (Å²) in [5.74, 6) is -0.411. The van der Waals surface area contributed by atoms with Crippen LogP contribution in [0, 0.1) is 0 Å². The number of allylic oxidation sites excluding steroid dienone is 10. The molecule has 0 aliphatic carbocycles. The molecule has 0 radical (unpaired) electrons. The molecule has 0 bridgehead atoms. The van der Waals surface area contributed by atoms with Crippen LogP contribution >= 0.6 is 0 Å². The molecule has 1 unspecified atom stereocenters. The maximum Gasteiger partial charge on any atom is 0.306 e. The van der Waals surface area contributed by atoms with Crippen LogP contribution in [0.5, 0.6) is 0 Å². The molecule has 66 heavy (non-hydrogen) atoms. The van der Waals surface area contributed by atoms with Crippen LogP contribution in [0.1, 0.15) is 290 Å².